The van der Waals surface area contributed by atoms with Crippen molar-refractivity contribution in [3.8, 4) is 5.75 Å². The highest BCUT2D eigenvalue weighted by atomic mass is 32.2. The fourth-order valence-electron chi connectivity index (χ4n) is 3.27. The number of benzene rings is 1. The number of fused-ring (bicyclic) bond motifs is 1. The Bertz CT molecular complexity index is 811. The fourth-order valence-corrected chi connectivity index (χ4v) is 3.95. The molecular weight excluding hydrogens is 370 g/mol. The number of amides is 1. The average molecular weight is 393 g/mol. The van der Waals surface area contributed by atoms with Crippen LogP contribution in [0.2, 0.25) is 0 Å². The molecule has 2 aliphatic heterocycles. The third-order valence-corrected chi connectivity index (χ3v) is 5.45. The van der Waals surface area contributed by atoms with Crippen LogP contribution in [0.25, 0.3) is 0 Å². The summed E-state index contributed by atoms with van der Waals surface area (Å²) in [5, 5.41) is 2.95. The van der Waals surface area contributed by atoms with Crippen LogP contribution in [-0.4, -0.2) is 46.1 Å². The molecule has 27 heavy (non-hydrogen) atoms. The maximum absolute atomic E-state index is 12.5. The number of likely N-dealkylation sites (tertiary alicyclic amines) is 1. The Labute approximate surface area is 160 Å². The summed E-state index contributed by atoms with van der Waals surface area (Å²) in [6.45, 7) is 4.57. The molecule has 3 N–H and O–H groups in total. The molecule has 0 bridgehead atoms. The number of nitrogens with zero attached hydrogens (tertiary/aromatic N) is 3. The van der Waals surface area contributed by atoms with E-state index >= 15 is 0 Å². The van der Waals surface area contributed by atoms with Crippen LogP contribution in [0, 0.1) is 10.8 Å². The molecule has 0 aliphatic carbocycles. The van der Waals surface area contributed by atoms with Crippen molar-refractivity contribution in [3.63, 3.8) is 0 Å². The molecule has 1 amide bonds. The maximum atomic E-state index is 12.5. The highest BCUT2D eigenvalue weighted by molar-refractivity contribution is 7.85. The lowest BCUT2D eigenvalue weighted by Crippen LogP contribution is -2.49. The van der Waals surface area contributed by atoms with Crippen molar-refractivity contribution >= 4 is 28.6 Å². The van der Waals surface area contributed by atoms with E-state index in [2.05, 4.69) is 14.3 Å². The zero-order chi connectivity index (χ0) is 19.6. The van der Waals surface area contributed by atoms with Gasteiger partial charge in [-0.05, 0) is 38.8 Å². The van der Waals surface area contributed by atoms with Crippen molar-refractivity contribution in [2.24, 2.45) is 21.2 Å². The van der Waals surface area contributed by atoms with Crippen LogP contribution < -0.4 is 15.2 Å². The smallest absolute Gasteiger partial charge is 0.253 e. The van der Waals surface area contributed by atoms with Crippen LogP contribution in [0.5, 0.6) is 5.75 Å². The molecule has 2 heterocycles. The molecule has 146 valence electrons. The Morgan fingerprint density at radius 2 is 2.30 bits per heavy atom. The van der Waals surface area contributed by atoms with E-state index in [4.69, 9.17) is 10.5 Å². The molecule has 1 unspecified atom stereocenters. The molecule has 1 aromatic rings. The van der Waals surface area contributed by atoms with Gasteiger partial charge in [0.25, 0.3) is 5.91 Å². The van der Waals surface area contributed by atoms with Gasteiger partial charge < -0.3 is 15.4 Å². The quantitative estimate of drug-likeness (QED) is 0.734. The number of anilines is 1. The first-order chi connectivity index (χ1) is 12.8. The molecule has 0 radical (unpaired) electrons. The normalized spacial score (nSPS) is 22.3. The second-order valence-corrected chi connectivity index (χ2v) is 8.11. The zero-order valence-electron chi connectivity index (χ0n) is 15.3. The molecule has 10 heteroatoms. The summed E-state index contributed by atoms with van der Waals surface area (Å²) in [5.74, 6) is 0.584. The minimum atomic E-state index is -1.59. The Kier molecular flexibility index (Phi) is 5.45. The van der Waals surface area contributed by atoms with Gasteiger partial charge in [-0.2, -0.15) is 4.40 Å². The molecular formula is C17H23N5O4S. The molecule has 0 spiro atoms. The van der Waals surface area contributed by atoms with E-state index < -0.39 is 16.7 Å². The Balaban J connectivity index is 1.67. The van der Waals surface area contributed by atoms with Crippen molar-refractivity contribution < 1.29 is 13.7 Å². The summed E-state index contributed by atoms with van der Waals surface area (Å²) >= 11 is -1.59. The summed E-state index contributed by atoms with van der Waals surface area (Å²) in [7, 11) is 0. The highest BCUT2D eigenvalue weighted by Gasteiger charge is 2.36. The van der Waals surface area contributed by atoms with Crippen LogP contribution in [0.15, 0.2) is 27.8 Å². The van der Waals surface area contributed by atoms with E-state index in [1.54, 1.807) is 23.1 Å². The van der Waals surface area contributed by atoms with Gasteiger partial charge in [-0.3, -0.25) is 9.52 Å². The van der Waals surface area contributed by atoms with Crippen molar-refractivity contribution in [2.75, 3.05) is 24.4 Å². The number of hydrogen-bond acceptors (Lipinski definition) is 6. The van der Waals surface area contributed by atoms with Gasteiger partial charge in [-0.15, -0.1) is 4.91 Å². The second-order valence-electron chi connectivity index (χ2n) is 7.23. The maximum Gasteiger partial charge on any atom is 0.253 e. The molecule has 0 aromatic heterocycles. The lowest BCUT2D eigenvalue weighted by Gasteiger charge is -2.35. The molecule has 1 fully saturated rings. The number of nitrogens with one attached hydrogen (secondary N) is 1. The lowest BCUT2D eigenvalue weighted by atomic mass is 9.96. The van der Waals surface area contributed by atoms with Gasteiger partial charge in [0.1, 0.15) is 11.6 Å². The van der Waals surface area contributed by atoms with Crippen LogP contribution in [0.4, 0.5) is 5.69 Å². The molecule has 2 atom stereocenters. The van der Waals surface area contributed by atoms with Crippen molar-refractivity contribution in [3.05, 3.63) is 28.7 Å². The van der Waals surface area contributed by atoms with E-state index in [9.17, 15) is 13.9 Å². The number of nitroso groups, excluding NO2 is 1. The first-order valence-corrected chi connectivity index (χ1v) is 9.85. The molecule has 3 rings (SSSR count). The van der Waals surface area contributed by atoms with Gasteiger partial charge in [0.15, 0.2) is 5.54 Å². The lowest BCUT2D eigenvalue weighted by molar-refractivity contribution is -0.137. The number of ether oxygens (including phenoxy) is 1. The standard InChI is InChI=1S/C17H23N5O4S/c1-17(2,21-24)16(23)22-8-4-5-11(9-22)10-26-13-7-3-6-12-14(13)15(18)20-27(25)19-12/h3,6-7,11,19H,4-5,8-10H2,1-2H3,(H2,18,20)/t11-,27?/m0/s1. The molecule has 1 aromatic carbocycles. The monoisotopic (exact) mass is 393 g/mol. The van der Waals surface area contributed by atoms with E-state index in [1.807, 2.05) is 0 Å². The van der Waals surface area contributed by atoms with Crippen LogP contribution in [-0.2, 0) is 16.0 Å². The third kappa shape index (κ3) is 4.10. The number of carbonyl (C=O) groups excluding carboxylic acids is 1. The van der Waals surface area contributed by atoms with Gasteiger partial charge in [0.2, 0.25) is 11.2 Å². The SMILES string of the molecule is CC(C)(N=O)C(=O)N1CCC[C@H](COc2cccc3c2C(N)=NS(=O)N3)C1. The Morgan fingerprint density at radius 3 is 3.04 bits per heavy atom. The summed E-state index contributed by atoms with van der Waals surface area (Å²) in [4.78, 5) is 25.1. The first kappa shape index (κ1) is 19.3. The Morgan fingerprint density at radius 1 is 1.52 bits per heavy atom. The van der Waals surface area contributed by atoms with Gasteiger partial charge in [-0.1, -0.05) is 11.2 Å². The number of hydrogen-bond donors (Lipinski definition) is 2. The van der Waals surface area contributed by atoms with E-state index in [1.165, 1.54) is 13.8 Å². The number of amidine groups is 1. The number of carbonyl (C=O) groups is 1. The topological polar surface area (TPSA) is 126 Å². The summed E-state index contributed by atoms with van der Waals surface area (Å²) in [6.07, 6.45) is 1.76. The molecule has 9 nitrogen and oxygen atoms in total. The van der Waals surface area contributed by atoms with Crippen LogP contribution in [0.3, 0.4) is 0 Å². The molecule has 0 saturated carbocycles. The highest BCUT2D eigenvalue weighted by Crippen LogP contribution is 2.30. The zero-order valence-corrected chi connectivity index (χ0v) is 16.1. The van der Waals surface area contributed by atoms with Crippen molar-refractivity contribution in [2.45, 2.75) is 32.2 Å². The van der Waals surface area contributed by atoms with Crippen LogP contribution in [0.1, 0.15) is 32.3 Å². The minimum Gasteiger partial charge on any atom is -0.492 e. The van der Waals surface area contributed by atoms with Crippen LogP contribution >= 0.6 is 0 Å². The molecule has 2 aliphatic rings. The predicted molar refractivity (Wildman–Crippen MR) is 104 cm³/mol. The van der Waals surface area contributed by atoms with Gasteiger partial charge in [0, 0.05) is 19.0 Å². The predicted octanol–water partition coefficient (Wildman–Crippen LogP) is 1.56. The summed E-state index contributed by atoms with van der Waals surface area (Å²) in [6, 6.07) is 5.32. The molecule has 1 saturated heterocycles. The fraction of sp³-hybridized carbons (Fsp3) is 0.529. The van der Waals surface area contributed by atoms with E-state index in [0.29, 0.717) is 36.7 Å². The van der Waals surface area contributed by atoms with Gasteiger partial charge in [0.05, 0.1) is 17.9 Å². The third-order valence-electron chi connectivity index (χ3n) is 4.69. The number of nitrogens with two attached hydrogens (primary N) is 1. The average Bonchev–Trinajstić information content (AvgIpc) is 2.65. The largest absolute Gasteiger partial charge is 0.492 e. The van der Waals surface area contributed by atoms with Crippen molar-refractivity contribution in [1.29, 1.82) is 0 Å². The minimum absolute atomic E-state index is 0.129. The first-order valence-electron chi connectivity index (χ1n) is 8.74. The number of rotatable bonds is 5. The summed E-state index contributed by atoms with van der Waals surface area (Å²) in [5.41, 5.74) is 5.86. The number of piperidine rings is 1. The van der Waals surface area contributed by atoms with Gasteiger partial charge in [-0.25, -0.2) is 4.21 Å². The van der Waals surface area contributed by atoms with E-state index in [-0.39, 0.29) is 17.7 Å². The van der Waals surface area contributed by atoms with E-state index in [0.717, 1.165) is 12.8 Å². The van der Waals surface area contributed by atoms with Gasteiger partial charge >= 0.3 is 0 Å². The second kappa shape index (κ2) is 7.63. The van der Waals surface area contributed by atoms with Crippen molar-refractivity contribution in [1.82, 2.24) is 4.90 Å². The summed E-state index contributed by atoms with van der Waals surface area (Å²) < 4.78 is 24.1. The Hall–Kier alpha value is -2.49.